The summed E-state index contributed by atoms with van der Waals surface area (Å²) < 4.78 is 4.84. The maximum Gasteiger partial charge on any atom is 0.417 e. The first-order valence-corrected chi connectivity index (χ1v) is 5.31. The van der Waals surface area contributed by atoms with Crippen molar-refractivity contribution >= 4 is 22.8 Å². The Labute approximate surface area is 101 Å². The minimum absolute atomic E-state index is 0.111. The van der Waals surface area contributed by atoms with Crippen molar-refractivity contribution in [2.24, 2.45) is 0 Å². The average molecular weight is 252 g/mol. The fraction of sp³-hybridized carbons (Fsp3) is 0.273. The number of aliphatic hydroxyl groups excluding tert-OH is 1. The van der Waals surface area contributed by atoms with Gasteiger partial charge in [0.2, 0.25) is 0 Å². The van der Waals surface area contributed by atoms with Crippen LogP contribution in [-0.4, -0.2) is 33.8 Å². The Kier molecular flexibility index (Phi) is 3.33. The first-order chi connectivity index (χ1) is 8.54. The lowest BCUT2D eigenvalue weighted by Gasteiger charge is -2.10. The lowest BCUT2D eigenvalue weighted by Crippen LogP contribution is -2.22. The number of hydrogen-bond acceptors (Lipinski definition) is 5. The normalized spacial score (nSPS) is 12.5. The van der Waals surface area contributed by atoms with Gasteiger partial charge in [-0.2, -0.15) is 0 Å². The van der Waals surface area contributed by atoms with E-state index in [0.29, 0.717) is 16.8 Å². The smallest absolute Gasteiger partial charge is 0.417 e. The second kappa shape index (κ2) is 4.92. The first kappa shape index (κ1) is 12.2. The lowest BCUT2D eigenvalue weighted by atomic mass is 10.2. The van der Waals surface area contributed by atoms with Crippen molar-refractivity contribution in [1.82, 2.24) is 4.98 Å². The third-order valence-corrected chi connectivity index (χ3v) is 2.37. The largest absolute Gasteiger partial charge is 0.481 e. The summed E-state index contributed by atoms with van der Waals surface area (Å²) in [5.41, 5.74) is 1.64. The van der Waals surface area contributed by atoms with Crippen LogP contribution < -0.4 is 11.1 Å². The van der Waals surface area contributed by atoms with Gasteiger partial charge in [-0.15, -0.1) is 0 Å². The molecule has 2 aromatic rings. The predicted molar refractivity (Wildman–Crippen MR) is 63.6 cm³/mol. The summed E-state index contributed by atoms with van der Waals surface area (Å²) in [5, 5.41) is 20.7. The van der Waals surface area contributed by atoms with E-state index in [0.717, 1.165) is 0 Å². The molecule has 2 rings (SSSR count). The molecule has 7 heteroatoms. The van der Waals surface area contributed by atoms with Crippen LogP contribution >= 0.6 is 0 Å². The summed E-state index contributed by atoms with van der Waals surface area (Å²) in [4.78, 5) is 23.8. The van der Waals surface area contributed by atoms with Gasteiger partial charge >= 0.3 is 11.7 Å². The number of anilines is 1. The van der Waals surface area contributed by atoms with E-state index in [1.807, 2.05) is 0 Å². The van der Waals surface area contributed by atoms with E-state index in [2.05, 4.69) is 10.3 Å². The number of oxazole rings is 1. The summed E-state index contributed by atoms with van der Waals surface area (Å²) >= 11 is 0. The van der Waals surface area contributed by atoms with Gasteiger partial charge in [0.15, 0.2) is 5.58 Å². The summed E-state index contributed by atoms with van der Waals surface area (Å²) in [6, 6.07) is 4.93. The van der Waals surface area contributed by atoms with Crippen LogP contribution in [0.1, 0.15) is 6.42 Å². The number of carboxylic acid groups (broad SMARTS) is 1. The van der Waals surface area contributed by atoms with Crippen LogP contribution in [-0.2, 0) is 4.79 Å². The van der Waals surface area contributed by atoms with Gasteiger partial charge in [-0.25, -0.2) is 4.79 Å². The fourth-order valence-corrected chi connectivity index (χ4v) is 1.57. The van der Waals surface area contributed by atoms with Gasteiger partial charge in [-0.1, -0.05) is 0 Å². The molecule has 0 aliphatic carbocycles. The molecule has 0 spiro atoms. The topological polar surface area (TPSA) is 116 Å². The Morgan fingerprint density at radius 1 is 1.50 bits per heavy atom. The monoisotopic (exact) mass is 252 g/mol. The van der Waals surface area contributed by atoms with Crippen LogP contribution in [0, 0.1) is 0 Å². The van der Waals surface area contributed by atoms with E-state index in [4.69, 9.17) is 9.52 Å². The molecule has 96 valence electrons. The maximum absolute atomic E-state index is 10.9. The lowest BCUT2D eigenvalue weighted by molar-refractivity contribution is -0.138. The SMILES string of the molecule is O=C(O)CC(O)CNc1ccc2oc(=O)[nH]c2c1. The van der Waals surface area contributed by atoms with Gasteiger partial charge in [-0.05, 0) is 18.2 Å². The van der Waals surface area contributed by atoms with Crippen molar-refractivity contribution in [2.75, 3.05) is 11.9 Å². The minimum Gasteiger partial charge on any atom is -0.481 e. The van der Waals surface area contributed by atoms with Gasteiger partial charge < -0.3 is 19.9 Å². The van der Waals surface area contributed by atoms with Crippen LogP contribution in [0.5, 0.6) is 0 Å². The Morgan fingerprint density at radius 3 is 3.00 bits per heavy atom. The van der Waals surface area contributed by atoms with Crippen molar-refractivity contribution < 1.29 is 19.4 Å². The highest BCUT2D eigenvalue weighted by atomic mass is 16.4. The van der Waals surface area contributed by atoms with Crippen LogP contribution in [0.4, 0.5) is 5.69 Å². The first-order valence-electron chi connectivity index (χ1n) is 5.31. The van der Waals surface area contributed by atoms with Crippen LogP contribution in [0.15, 0.2) is 27.4 Å². The van der Waals surface area contributed by atoms with Gasteiger partial charge in [0.25, 0.3) is 0 Å². The molecule has 1 aromatic carbocycles. The van der Waals surface area contributed by atoms with E-state index in [9.17, 15) is 14.7 Å². The molecule has 0 saturated heterocycles. The highest BCUT2D eigenvalue weighted by Gasteiger charge is 2.09. The average Bonchev–Trinajstić information content (AvgIpc) is 2.64. The summed E-state index contributed by atoms with van der Waals surface area (Å²) in [7, 11) is 0. The van der Waals surface area contributed by atoms with E-state index in [1.54, 1.807) is 18.2 Å². The molecule has 0 radical (unpaired) electrons. The predicted octanol–water partition coefficient (Wildman–Crippen LogP) is 0.369. The molecular formula is C11H12N2O5. The van der Waals surface area contributed by atoms with Crippen molar-refractivity contribution in [3.05, 3.63) is 28.7 Å². The maximum atomic E-state index is 10.9. The van der Waals surface area contributed by atoms with Crippen molar-refractivity contribution in [2.45, 2.75) is 12.5 Å². The number of fused-ring (bicyclic) bond motifs is 1. The quantitative estimate of drug-likeness (QED) is 0.611. The van der Waals surface area contributed by atoms with E-state index in [1.165, 1.54) is 0 Å². The number of aromatic nitrogens is 1. The van der Waals surface area contributed by atoms with Crippen molar-refractivity contribution in [3.8, 4) is 0 Å². The Morgan fingerprint density at radius 2 is 2.28 bits per heavy atom. The van der Waals surface area contributed by atoms with Crippen LogP contribution in [0.2, 0.25) is 0 Å². The molecule has 0 bridgehead atoms. The second-order valence-electron chi connectivity index (χ2n) is 3.86. The summed E-state index contributed by atoms with van der Waals surface area (Å²) in [6.07, 6.45) is -1.29. The third-order valence-electron chi connectivity index (χ3n) is 2.37. The molecular weight excluding hydrogens is 240 g/mol. The number of benzene rings is 1. The summed E-state index contributed by atoms with van der Waals surface area (Å²) in [6.45, 7) is 0.111. The zero-order valence-corrected chi connectivity index (χ0v) is 9.34. The van der Waals surface area contributed by atoms with Gasteiger partial charge in [0.05, 0.1) is 18.0 Å². The second-order valence-corrected chi connectivity index (χ2v) is 3.86. The molecule has 1 atom stereocenters. The molecule has 1 heterocycles. The third kappa shape index (κ3) is 2.89. The Bertz CT molecular complexity index is 615. The number of carbonyl (C=O) groups is 1. The number of H-pyrrole nitrogens is 1. The highest BCUT2D eigenvalue weighted by Crippen LogP contribution is 2.16. The molecule has 1 aromatic heterocycles. The summed E-state index contributed by atoms with van der Waals surface area (Å²) in [5.74, 6) is -1.59. The number of hydrogen-bond donors (Lipinski definition) is 4. The van der Waals surface area contributed by atoms with Gasteiger partial charge in [-0.3, -0.25) is 9.78 Å². The zero-order chi connectivity index (χ0) is 13.1. The zero-order valence-electron chi connectivity index (χ0n) is 9.34. The molecule has 18 heavy (non-hydrogen) atoms. The molecule has 0 amide bonds. The molecule has 0 aliphatic heterocycles. The number of nitrogens with one attached hydrogen (secondary N) is 2. The Hall–Kier alpha value is -2.28. The highest BCUT2D eigenvalue weighted by molar-refractivity contribution is 5.76. The molecule has 0 fully saturated rings. The number of rotatable bonds is 5. The number of aliphatic carboxylic acids is 1. The van der Waals surface area contributed by atoms with E-state index in [-0.39, 0.29) is 13.0 Å². The number of aliphatic hydroxyl groups is 1. The van der Waals surface area contributed by atoms with Crippen LogP contribution in [0.3, 0.4) is 0 Å². The van der Waals surface area contributed by atoms with Crippen molar-refractivity contribution in [1.29, 1.82) is 0 Å². The van der Waals surface area contributed by atoms with Crippen LogP contribution in [0.25, 0.3) is 11.1 Å². The molecule has 4 N–H and O–H groups in total. The molecule has 0 saturated carbocycles. The van der Waals surface area contributed by atoms with E-state index < -0.39 is 17.8 Å². The van der Waals surface area contributed by atoms with E-state index >= 15 is 0 Å². The Balaban J connectivity index is 2.03. The minimum atomic E-state index is -1.06. The molecule has 1 unspecified atom stereocenters. The molecule has 0 aliphatic rings. The van der Waals surface area contributed by atoms with Gasteiger partial charge in [0.1, 0.15) is 0 Å². The molecule has 7 nitrogen and oxygen atoms in total. The fourth-order valence-electron chi connectivity index (χ4n) is 1.57. The van der Waals surface area contributed by atoms with Crippen molar-refractivity contribution in [3.63, 3.8) is 0 Å². The standard InChI is InChI=1S/C11H12N2O5/c14-7(4-10(15)16)5-12-6-1-2-9-8(3-6)13-11(17)18-9/h1-3,7,12,14H,4-5H2,(H,13,17)(H,15,16). The van der Waals surface area contributed by atoms with Gasteiger partial charge in [0, 0.05) is 12.2 Å². The number of aromatic amines is 1. The number of carboxylic acids is 1.